The summed E-state index contributed by atoms with van der Waals surface area (Å²) in [5.41, 5.74) is 5.45. The van der Waals surface area contributed by atoms with Crippen LogP contribution in [0.1, 0.15) is 26.7 Å². The third-order valence-electron chi connectivity index (χ3n) is 2.39. The monoisotopic (exact) mass is 253 g/mol. The second-order valence-corrected chi connectivity index (χ2v) is 3.79. The molecule has 0 aliphatic heterocycles. The van der Waals surface area contributed by atoms with Crippen LogP contribution in [-0.4, -0.2) is 26.4 Å². The highest BCUT2D eigenvalue weighted by atomic mass is 16.5. The summed E-state index contributed by atoms with van der Waals surface area (Å²) < 4.78 is 16.9. The van der Waals surface area contributed by atoms with Gasteiger partial charge in [0, 0.05) is 0 Å². The minimum Gasteiger partial charge on any atom is -0.490 e. The van der Waals surface area contributed by atoms with Gasteiger partial charge >= 0.3 is 0 Å². The number of nitrogens with two attached hydrogens (primary N) is 1. The molecule has 0 heterocycles. The zero-order valence-corrected chi connectivity index (χ0v) is 11.3. The van der Waals surface area contributed by atoms with E-state index >= 15 is 0 Å². The van der Waals surface area contributed by atoms with Crippen molar-refractivity contribution in [2.45, 2.75) is 26.7 Å². The first kappa shape index (κ1) is 14.6. The van der Waals surface area contributed by atoms with Crippen LogP contribution < -0.4 is 19.9 Å². The van der Waals surface area contributed by atoms with Crippen molar-refractivity contribution >= 4 is 0 Å². The van der Waals surface area contributed by atoms with Crippen molar-refractivity contribution < 1.29 is 14.2 Å². The van der Waals surface area contributed by atoms with Gasteiger partial charge in [-0.2, -0.15) is 0 Å². The van der Waals surface area contributed by atoms with Crippen molar-refractivity contribution in [2.24, 2.45) is 5.73 Å². The number of hydrogen-bond donors (Lipinski definition) is 1. The molecule has 2 N–H and O–H groups in total. The summed E-state index contributed by atoms with van der Waals surface area (Å²) in [4.78, 5) is 0. The molecular weight excluding hydrogens is 230 g/mol. The standard InChI is InChI=1S/C14H23NO3/c1-3-16-12-8-7-9-13(14(12)17-4-2)18-11-6-5-10-15/h7-9H,3-6,10-11,15H2,1-2H3. The van der Waals surface area contributed by atoms with Gasteiger partial charge in [0.05, 0.1) is 19.8 Å². The Bertz CT molecular complexity index is 342. The Balaban J connectivity index is 2.71. The minimum absolute atomic E-state index is 0.587. The van der Waals surface area contributed by atoms with Gasteiger partial charge in [-0.25, -0.2) is 0 Å². The van der Waals surface area contributed by atoms with Crippen molar-refractivity contribution in [3.8, 4) is 17.2 Å². The molecule has 0 aliphatic rings. The molecule has 0 aromatic heterocycles. The van der Waals surface area contributed by atoms with Crippen LogP contribution in [0.3, 0.4) is 0 Å². The van der Waals surface area contributed by atoms with Gasteiger partial charge in [-0.1, -0.05) is 6.07 Å². The van der Waals surface area contributed by atoms with E-state index in [2.05, 4.69) is 0 Å². The Kier molecular flexibility index (Phi) is 7.03. The van der Waals surface area contributed by atoms with E-state index in [0.717, 1.165) is 24.3 Å². The average Bonchev–Trinajstić information content (AvgIpc) is 2.38. The minimum atomic E-state index is 0.587. The highest BCUT2D eigenvalue weighted by molar-refractivity contribution is 5.51. The summed E-state index contributed by atoms with van der Waals surface area (Å²) >= 11 is 0. The zero-order valence-electron chi connectivity index (χ0n) is 11.3. The van der Waals surface area contributed by atoms with Gasteiger partial charge in [-0.05, 0) is 45.4 Å². The van der Waals surface area contributed by atoms with Gasteiger partial charge in [-0.3, -0.25) is 0 Å². The molecule has 0 atom stereocenters. The molecule has 4 nitrogen and oxygen atoms in total. The number of benzene rings is 1. The molecule has 0 radical (unpaired) electrons. The molecule has 0 fully saturated rings. The Morgan fingerprint density at radius 1 is 0.944 bits per heavy atom. The zero-order chi connectivity index (χ0) is 13.2. The second kappa shape index (κ2) is 8.64. The average molecular weight is 253 g/mol. The molecule has 1 aromatic carbocycles. The molecule has 0 bridgehead atoms. The fraction of sp³-hybridized carbons (Fsp3) is 0.571. The quantitative estimate of drug-likeness (QED) is 0.687. The number of unbranched alkanes of at least 4 members (excludes halogenated alkanes) is 1. The fourth-order valence-electron chi connectivity index (χ4n) is 1.59. The van der Waals surface area contributed by atoms with E-state index in [1.807, 2.05) is 32.0 Å². The molecule has 0 spiro atoms. The van der Waals surface area contributed by atoms with Crippen LogP contribution in [0, 0.1) is 0 Å². The lowest BCUT2D eigenvalue weighted by atomic mass is 10.3. The van der Waals surface area contributed by atoms with Gasteiger partial charge in [0.25, 0.3) is 0 Å². The van der Waals surface area contributed by atoms with Crippen molar-refractivity contribution in [1.82, 2.24) is 0 Å². The molecule has 102 valence electrons. The molecule has 0 saturated heterocycles. The van der Waals surface area contributed by atoms with Crippen LogP contribution in [-0.2, 0) is 0 Å². The lowest BCUT2D eigenvalue weighted by molar-refractivity contribution is 0.252. The third kappa shape index (κ3) is 4.45. The van der Waals surface area contributed by atoms with E-state index in [9.17, 15) is 0 Å². The van der Waals surface area contributed by atoms with E-state index < -0.39 is 0 Å². The largest absolute Gasteiger partial charge is 0.490 e. The highest BCUT2D eigenvalue weighted by Crippen LogP contribution is 2.37. The van der Waals surface area contributed by atoms with E-state index in [1.54, 1.807) is 0 Å². The SMILES string of the molecule is CCOc1cccc(OCCCCN)c1OCC. The van der Waals surface area contributed by atoms with E-state index in [-0.39, 0.29) is 0 Å². The van der Waals surface area contributed by atoms with Crippen LogP contribution in [0.2, 0.25) is 0 Å². The van der Waals surface area contributed by atoms with Crippen molar-refractivity contribution in [2.75, 3.05) is 26.4 Å². The van der Waals surface area contributed by atoms with Crippen LogP contribution in [0.25, 0.3) is 0 Å². The Morgan fingerprint density at radius 3 is 2.22 bits per heavy atom. The lowest BCUT2D eigenvalue weighted by Crippen LogP contribution is -2.05. The summed E-state index contributed by atoms with van der Waals surface area (Å²) in [5, 5.41) is 0. The number of para-hydroxylation sites is 1. The van der Waals surface area contributed by atoms with Crippen molar-refractivity contribution in [3.05, 3.63) is 18.2 Å². The predicted molar refractivity (Wildman–Crippen MR) is 72.6 cm³/mol. The van der Waals surface area contributed by atoms with Crippen LogP contribution in [0.5, 0.6) is 17.2 Å². The Morgan fingerprint density at radius 2 is 1.61 bits per heavy atom. The second-order valence-electron chi connectivity index (χ2n) is 3.79. The predicted octanol–water partition coefficient (Wildman–Crippen LogP) is 2.60. The molecular formula is C14H23NO3. The first-order valence-corrected chi connectivity index (χ1v) is 6.54. The molecule has 0 amide bonds. The maximum Gasteiger partial charge on any atom is 0.203 e. The molecule has 0 aliphatic carbocycles. The van der Waals surface area contributed by atoms with Gasteiger partial charge in [0.1, 0.15) is 0 Å². The van der Waals surface area contributed by atoms with E-state index in [1.165, 1.54) is 0 Å². The topological polar surface area (TPSA) is 53.7 Å². The molecule has 18 heavy (non-hydrogen) atoms. The summed E-state index contributed by atoms with van der Waals surface area (Å²) in [7, 11) is 0. The molecule has 0 unspecified atom stereocenters. The summed E-state index contributed by atoms with van der Waals surface area (Å²) in [6, 6.07) is 5.70. The summed E-state index contributed by atoms with van der Waals surface area (Å²) in [5.74, 6) is 2.16. The molecule has 4 heteroatoms. The Hall–Kier alpha value is -1.42. The summed E-state index contributed by atoms with van der Waals surface area (Å²) in [6.45, 7) is 6.43. The smallest absolute Gasteiger partial charge is 0.203 e. The number of ether oxygens (including phenoxy) is 3. The van der Waals surface area contributed by atoms with Crippen LogP contribution >= 0.6 is 0 Å². The highest BCUT2D eigenvalue weighted by Gasteiger charge is 2.11. The number of hydrogen-bond acceptors (Lipinski definition) is 4. The molecule has 1 rings (SSSR count). The third-order valence-corrected chi connectivity index (χ3v) is 2.39. The van der Waals surface area contributed by atoms with Gasteiger partial charge < -0.3 is 19.9 Å². The fourth-order valence-corrected chi connectivity index (χ4v) is 1.59. The van der Waals surface area contributed by atoms with E-state index in [0.29, 0.717) is 32.1 Å². The van der Waals surface area contributed by atoms with E-state index in [4.69, 9.17) is 19.9 Å². The normalized spacial score (nSPS) is 10.2. The van der Waals surface area contributed by atoms with Crippen molar-refractivity contribution in [3.63, 3.8) is 0 Å². The lowest BCUT2D eigenvalue weighted by Gasteiger charge is -2.15. The van der Waals surface area contributed by atoms with Gasteiger partial charge in [-0.15, -0.1) is 0 Å². The van der Waals surface area contributed by atoms with Gasteiger partial charge in [0.2, 0.25) is 5.75 Å². The first-order chi connectivity index (χ1) is 8.83. The molecule has 1 aromatic rings. The molecule has 0 saturated carbocycles. The maximum absolute atomic E-state index is 5.72. The summed E-state index contributed by atoms with van der Waals surface area (Å²) in [6.07, 6.45) is 1.91. The number of rotatable bonds is 9. The van der Waals surface area contributed by atoms with Crippen molar-refractivity contribution in [1.29, 1.82) is 0 Å². The first-order valence-electron chi connectivity index (χ1n) is 6.54. The Labute approximate surface area is 109 Å². The van der Waals surface area contributed by atoms with Gasteiger partial charge in [0.15, 0.2) is 11.5 Å². The maximum atomic E-state index is 5.72. The van der Waals surface area contributed by atoms with Crippen LogP contribution in [0.4, 0.5) is 0 Å². The van der Waals surface area contributed by atoms with Crippen LogP contribution in [0.15, 0.2) is 18.2 Å².